The number of hydrogen-bond acceptors (Lipinski definition) is 4. The van der Waals surface area contributed by atoms with Crippen LogP contribution >= 0.6 is 34.8 Å². The van der Waals surface area contributed by atoms with Crippen molar-refractivity contribution in [3.63, 3.8) is 0 Å². The van der Waals surface area contributed by atoms with Crippen LogP contribution in [0.15, 0.2) is 72.8 Å². The first-order valence-electron chi connectivity index (χ1n) is 12.2. The standard InChI is InChI=1S/C28H30Cl3N3O4S/c1-19(2)32-28(36)26(15-20-8-5-4-6-9-20)33(17-21-12-13-24(30)25(31)14-21)27(35)18-34(39(3,37)38)23-11-7-10-22(29)16-23/h4-14,16,19,26H,15,17-18H2,1-3H3,(H,32,36). The van der Waals surface area contributed by atoms with E-state index in [0.29, 0.717) is 20.6 Å². The first kappa shape index (κ1) is 30.8. The molecule has 39 heavy (non-hydrogen) atoms. The third kappa shape index (κ3) is 8.86. The zero-order chi connectivity index (χ0) is 28.7. The van der Waals surface area contributed by atoms with Crippen molar-refractivity contribution in [2.24, 2.45) is 0 Å². The van der Waals surface area contributed by atoms with Crippen molar-refractivity contribution < 1.29 is 18.0 Å². The highest BCUT2D eigenvalue weighted by molar-refractivity contribution is 7.92. The van der Waals surface area contributed by atoms with E-state index in [2.05, 4.69) is 5.32 Å². The molecule has 1 unspecified atom stereocenters. The summed E-state index contributed by atoms with van der Waals surface area (Å²) in [5.41, 5.74) is 1.70. The molecule has 0 fully saturated rings. The maximum Gasteiger partial charge on any atom is 0.244 e. The molecule has 0 heterocycles. The number of amides is 2. The van der Waals surface area contributed by atoms with Crippen LogP contribution in [-0.4, -0.2) is 50.0 Å². The van der Waals surface area contributed by atoms with Crippen LogP contribution < -0.4 is 9.62 Å². The molecule has 0 aromatic heterocycles. The third-order valence-electron chi connectivity index (χ3n) is 5.81. The second-order valence-electron chi connectivity index (χ2n) is 9.39. The molecule has 0 aliphatic heterocycles. The van der Waals surface area contributed by atoms with E-state index in [-0.39, 0.29) is 30.6 Å². The Labute approximate surface area is 244 Å². The number of sulfonamides is 1. The van der Waals surface area contributed by atoms with Crippen molar-refractivity contribution in [1.29, 1.82) is 0 Å². The van der Waals surface area contributed by atoms with E-state index in [1.165, 1.54) is 11.0 Å². The van der Waals surface area contributed by atoms with Gasteiger partial charge in [-0.15, -0.1) is 0 Å². The molecule has 0 saturated carbocycles. The number of nitrogens with zero attached hydrogens (tertiary/aromatic N) is 2. The van der Waals surface area contributed by atoms with E-state index in [1.807, 2.05) is 44.2 Å². The number of halogens is 3. The van der Waals surface area contributed by atoms with Crippen LogP contribution in [0.1, 0.15) is 25.0 Å². The molecule has 208 valence electrons. The summed E-state index contributed by atoms with van der Waals surface area (Å²) in [5, 5.41) is 3.86. The van der Waals surface area contributed by atoms with Crippen LogP contribution in [0.3, 0.4) is 0 Å². The molecule has 0 spiro atoms. The van der Waals surface area contributed by atoms with E-state index in [1.54, 1.807) is 36.4 Å². The fourth-order valence-electron chi connectivity index (χ4n) is 4.01. The van der Waals surface area contributed by atoms with Gasteiger partial charge in [0.15, 0.2) is 0 Å². The first-order chi connectivity index (χ1) is 18.3. The van der Waals surface area contributed by atoms with Gasteiger partial charge in [0, 0.05) is 24.0 Å². The normalized spacial score (nSPS) is 12.2. The number of benzene rings is 3. The van der Waals surface area contributed by atoms with Gasteiger partial charge in [-0.25, -0.2) is 8.42 Å². The Balaban J connectivity index is 2.07. The van der Waals surface area contributed by atoms with Gasteiger partial charge >= 0.3 is 0 Å². The number of rotatable bonds is 11. The average molecular weight is 611 g/mol. The summed E-state index contributed by atoms with van der Waals surface area (Å²) >= 11 is 18.4. The molecular weight excluding hydrogens is 581 g/mol. The Morgan fingerprint density at radius 3 is 2.15 bits per heavy atom. The van der Waals surface area contributed by atoms with Crippen molar-refractivity contribution in [3.8, 4) is 0 Å². The molecule has 0 bridgehead atoms. The van der Waals surface area contributed by atoms with Crippen LogP contribution in [0.4, 0.5) is 5.69 Å². The molecule has 0 aliphatic rings. The number of carbonyl (C=O) groups excluding carboxylic acids is 2. The van der Waals surface area contributed by atoms with Crippen LogP contribution in [0.5, 0.6) is 0 Å². The lowest BCUT2D eigenvalue weighted by molar-refractivity contribution is -0.140. The van der Waals surface area contributed by atoms with Gasteiger partial charge in [-0.2, -0.15) is 0 Å². The van der Waals surface area contributed by atoms with Crippen molar-refractivity contribution in [1.82, 2.24) is 10.2 Å². The summed E-state index contributed by atoms with van der Waals surface area (Å²) in [6, 6.07) is 19.3. The van der Waals surface area contributed by atoms with E-state index in [9.17, 15) is 18.0 Å². The summed E-state index contributed by atoms with van der Waals surface area (Å²) in [7, 11) is -3.88. The van der Waals surface area contributed by atoms with E-state index in [4.69, 9.17) is 34.8 Å². The summed E-state index contributed by atoms with van der Waals surface area (Å²) in [4.78, 5) is 28.9. The molecule has 1 atom stereocenters. The zero-order valence-electron chi connectivity index (χ0n) is 21.8. The fraction of sp³-hybridized carbons (Fsp3) is 0.286. The predicted molar refractivity (Wildman–Crippen MR) is 158 cm³/mol. The third-order valence-corrected chi connectivity index (χ3v) is 7.93. The van der Waals surface area contributed by atoms with Crippen LogP contribution in [0, 0.1) is 0 Å². The number of anilines is 1. The Morgan fingerprint density at radius 1 is 0.872 bits per heavy atom. The highest BCUT2D eigenvalue weighted by Gasteiger charge is 2.33. The SMILES string of the molecule is CC(C)NC(=O)C(Cc1ccccc1)N(Cc1ccc(Cl)c(Cl)c1)C(=O)CN(c1cccc(Cl)c1)S(C)(=O)=O. The molecule has 2 amide bonds. The van der Waals surface area contributed by atoms with Gasteiger partial charge in [0.1, 0.15) is 12.6 Å². The van der Waals surface area contributed by atoms with Crippen LogP contribution in [-0.2, 0) is 32.6 Å². The molecule has 3 aromatic rings. The van der Waals surface area contributed by atoms with Crippen molar-refractivity contribution >= 4 is 62.3 Å². The minimum absolute atomic E-state index is 0.00805. The molecule has 0 saturated heterocycles. The van der Waals surface area contributed by atoms with Crippen molar-refractivity contribution in [3.05, 3.63) is 99.0 Å². The van der Waals surface area contributed by atoms with Gasteiger partial charge in [0.25, 0.3) is 0 Å². The van der Waals surface area contributed by atoms with Gasteiger partial charge in [0.05, 0.1) is 22.0 Å². The Morgan fingerprint density at radius 2 is 1.56 bits per heavy atom. The van der Waals surface area contributed by atoms with E-state index < -0.39 is 28.5 Å². The lowest BCUT2D eigenvalue weighted by Gasteiger charge is -2.34. The largest absolute Gasteiger partial charge is 0.352 e. The van der Waals surface area contributed by atoms with Gasteiger partial charge in [-0.3, -0.25) is 13.9 Å². The summed E-state index contributed by atoms with van der Waals surface area (Å²) in [6.07, 6.45) is 1.22. The van der Waals surface area contributed by atoms with Gasteiger partial charge in [-0.1, -0.05) is 77.3 Å². The van der Waals surface area contributed by atoms with E-state index in [0.717, 1.165) is 16.1 Å². The van der Waals surface area contributed by atoms with Crippen molar-refractivity contribution in [2.45, 2.75) is 38.9 Å². The van der Waals surface area contributed by atoms with Crippen LogP contribution in [0.25, 0.3) is 0 Å². The highest BCUT2D eigenvalue weighted by Crippen LogP contribution is 2.26. The Hall–Kier alpha value is -2.78. The lowest BCUT2D eigenvalue weighted by Crippen LogP contribution is -2.54. The second kappa shape index (κ2) is 13.5. The quantitative estimate of drug-likeness (QED) is 0.307. The summed E-state index contributed by atoms with van der Waals surface area (Å²) < 4.78 is 26.5. The number of nitrogens with one attached hydrogen (secondary N) is 1. The lowest BCUT2D eigenvalue weighted by atomic mass is 10.0. The average Bonchev–Trinajstić information content (AvgIpc) is 2.86. The summed E-state index contributed by atoms with van der Waals surface area (Å²) in [5.74, 6) is -0.942. The minimum atomic E-state index is -3.88. The molecule has 0 aliphatic carbocycles. The van der Waals surface area contributed by atoms with Gasteiger partial charge in [-0.05, 0) is 55.3 Å². The predicted octanol–water partition coefficient (Wildman–Crippen LogP) is 5.58. The molecule has 3 aromatic carbocycles. The molecule has 0 radical (unpaired) electrons. The van der Waals surface area contributed by atoms with Gasteiger partial charge < -0.3 is 10.2 Å². The Kier molecular flexibility index (Phi) is 10.7. The maximum atomic E-state index is 14.0. The molecule has 3 rings (SSSR count). The maximum absolute atomic E-state index is 14.0. The van der Waals surface area contributed by atoms with Gasteiger partial charge in [0.2, 0.25) is 21.8 Å². The summed E-state index contributed by atoms with van der Waals surface area (Å²) in [6.45, 7) is 3.10. The topological polar surface area (TPSA) is 86.8 Å². The van der Waals surface area contributed by atoms with E-state index >= 15 is 0 Å². The molecule has 11 heteroatoms. The zero-order valence-corrected chi connectivity index (χ0v) is 24.9. The number of carbonyl (C=O) groups is 2. The van der Waals surface area contributed by atoms with Crippen LogP contribution in [0.2, 0.25) is 15.1 Å². The fourth-order valence-corrected chi connectivity index (χ4v) is 5.36. The Bertz CT molecular complexity index is 1420. The van der Waals surface area contributed by atoms with Crippen molar-refractivity contribution in [2.75, 3.05) is 17.1 Å². The molecule has 7 nitrogen and oxygen atoms in total. The molecule has 1 N–H and O–H groups in total. The highest BCUT2D eigenvalue weighted by atomic mass is 35.5. The smallest absolute Gasteiger partial charge is 0.244 e. The second-order valence-corrected chi connectivity index (χ2v) is 12.5. The molecular formula is C28H30Cl3N3O4S. The minimum Gasteiger partial charge on any atom is -0.352 e. The first-order valence-corrected chi connectivity index (χ1v) is 15.1. The monoisotopic (exact) mass is 609 g/mol. The number of hydrogen-bond donors (Lipinski definition) is 1.